The van der Waals surface area contributed by atoms with Gasteiger partial charge >= 0.3 is 13.1 Å². The maximum atomic E-state index is 11.0. The van der Waals surface area contributed by atoms with Crippen LogP contribution in [0, 0.1) is 6.92 Å². The summed E-state index contributed by atoms with van der Waals surface area (Å²) in [6, 6.07) is 4.53. The molecule has 5 nitrogen and oxygen atoms in total. The first kappa shape index (κ1) is 16.7. The Morgan fingerprint density at radius 3 is 2.20 bits per heavy atom. The van der Waals surface area contributed by atoms with Crippen molar-refractivity contribution in [3.8, 4) is 0 Å². The van der Waals surface area contributed by atoms with Gasteiger partial charge in [0.2, 0.25) is 0 Å². The highest BCUT2D eigenvalue weighted by Crippen LogP contribution is 2.25. The average molecular weight is 280 g/mol. The van der Waals surface area contributed by atoms with E-state index in [0.717, 1.165) is 0 Å². The second-order valence-corrected chi connectivity index (χ2v) is 5.98. The molecule has 0 aliphatic heterocycles. The number of aryl methyl sites for hydroxylation is 1. The van der Waals surface area contributed by atoms with Gasteiger partial charge in [0, 0.05) is 0 Å². The molecule has 0 aliphatic carbocycles. The Balaban J connectivity index is 3.04. The summed E-state index contributed by atoms with van der Waals surface area (Å²) >= 11 is 0. The molecule has 1 aromatic carbocycles. The minimum absolute atomic E-state index is 0.0868. The Bertz CT molecular complexity index is 505. The van der Waals surface area contributed by atoms with E-state index in [1.165, 1.54) is 12.1 Å². The van der Waals surface area contributed by atoms with Crippen LogP contribution in [0.5, 0.6) is 0 Å². The minimum atomic E-state index is -1.31. The lowest BCUT2D eigenvalue weighted by Crippen LogP contribution is -2.53. The number of rotatable bonds is 5. The third-order valence-electron chi connectivity index (χ3n) is 3.51. The van der Waals surface area contributed by atoms with Crippen molar-refractivity contribution in [2.24, 2.45) is 0 Å². The van der Waals surface area contributed by atoms with Crippen molar-refractivity contribution in [3.63, 3.8) is 0 Å². The second kappa shape index (κ2) is 5.56. The van der Waals surface area contributed by atoms with E-state index in [9.17, 15) is 14.9 Å². The van der Waals surface area contributed by atoms with Crippen LogP contribution < -0.4 is 5.46 Å². The number of aromatic carboxylic acids is 1. The number of carboxylic acid groups (broad SMARTS) is 1. The van der Waals surface area contributed by atoms with Crippen molar-refractivity contribution in [2.75, 3.05) is 0 Å². The van der Waals surface area contributed by atoms with Crippen LogP contribution in [0.2, 0.25) is 0 Å². The fourth-order valence-electron chi connectivity index (χ4n) is 1.57. The van der Waals surface area contributed by atoms with Gasteiger partial charge in [-0.25, -0.2) is 4.79 Å². The number of hydrogen-bond acceptors (Lipinski definition) is 4. The van der Waals surface area contributed by atoms with E-state index in [0.29, 0.717) is 11.0 Å². The Kier molecular flexibility index (Phi) is 4.64. The molecular formula is C14H21BO5. The number of hydrogen-bond donors (Lipinski definition) is 3. The van der Waals surface area contributed by atoms with Gasteiger partial charge in [0.25, 0.3) is 0 Å². The molecule has 1 aromatic rings. The summed E-state index contributed by atoms with van der Waals surface area (Å²) in [5.74, 6) is -1.07. The Morgan fingerprint density at radius 2 is 1.75 bits per heavy atom. The maximum absolute atomic E-state index is 11.0. The molecule has 0 bridgehead atoms. The van der Waals surface area contributed by atoms with E-state index >= 15 is 0 Å². The summed E-state index contributed by atoms with van der Waals surface area (Å²) in [5, 5.41) is 29.1. The maximum Gasteiger partial charge on any atom is 0.491 e. The lowest BCUT2D eigenvalue weighted by atomic mass is 9.75. The molecule has 3 N–H and O–H groups in total. The van der Waals surface area contributed by atoms with Crippen LogP contribution in [-0.4, -0.2) is 39.5 Å². The van der Waals surface area contributed by atoms with Crippen LogP contribution in [0.1, 0.15) is 43.6 Å². The van der Waals surface area contributed by atoms with Crippen molar-refractivity contribution in [1.29, 1.82) is 0 Å². The van der Waals surface area contributed by atoms with E-state index in [1.54, 1.807) is 40.7 Å². The largest absolute Gasteiger partial charge is 0.491 e. The first-order valence-corrected chi connectivity index (χ1v) is 6.37. The minimum Gasteiger partial charge on any atom is -0.478 e. The quantitative estimate of drug-likeness (QED) is 0.699. The van der Waals surface area contributed by atoms with Crippen molar-refractivity contribution in [1.82, 2.24) is 0 Å². The highest BCUT2D eigenvalue weighted by molar-refractivity contribution is 6.60. The predicted molar refractivity (Wildman–Crippen MR) is 77.2 cm³/mol. The third kappa shape index (κ3) is 3.82. The Labute approximate surface area is 119 Å². The number of benzene rings is 1. The van der Waals surface area contributed by atoms with Gasteiger partial charge in [-0.1, -0.05) is 11.6 Å². The van der Waals surface area contributed by atoms with E-state index in [-0.39, 0.29) is 5.56 Å². The van der Waals surface area contributed by atoms with Crippen molar-refractivity contribution >= 4 is 18.6 Å². The van der Waals surface area contributed by atoms with Gasteiger partial charge < -0.3 is 19.9 Å². The molecule has 0 radical (unpaired) electrons. The molecule has 0 aromatic heterocycles. The summed E-state index contributed by atoms with van der Waals surface area (Å²) in [6.45, 7) is 8.22. The van der Waals surface area contributed by atoms with Gasteiger partial charge in [0.1, 0.15) is 0 Å². The lowest BCUT2D eigenvalue weighted by molar-refractivity contribution is -0.0982. The molecule has 6 heteroatoms. The summed E-state index contributed by atoms with van der Waals surface area (Å²) in [6.07, 6.45) is 0. The molecule has 0 fully saturated rings. The summed E-state index contributed by atoms with van der Waals surface area (Å²) in [5.41, 5.74) is -1.01. The molecule has 0 heterocycles. The van der Waals surface area contributed by atoms with Gasteiger partial charge in [-0.15, -0.1) is 0 Å². The predicted octanol–water partition coefficient (Wildman–Crippen LogP) is 0.947. The molecule has 0 unspecified atom stereocenters. The molecule has 1 rings (SSSR count). The zero-order chi connectivity index (χ0) is 15.7. The SMILES string of the molecule is Cc1cc(B(O)OC(C)(C)C(C)(C)O)cc(C(=O)O)c1. The molecule has 0 amide bonds. The van der Waals surface area contributed by atoms with Crippen molar-refractivity contribution < 1.29 is 24.7 Å². The van der Waals surface area contributed by atoms with Crippen molar-refractivity contribution in [3.05, 3.63) is 29.3 Å². The molecule has 0 aliphatic rings. The molecule has 0 atom stereocenters. The molecule has 0 spiro atoms. The van der Waals surface area contributed by atoms with Gasteiger partial charge in [-0.3, -0.25) is 0 Å². The van der Waals surface area contributed by atoms with Gasteiger partial charge in [-0.05, 0) is 52.2 Å². The Morgan fingerprint density at radius 1 is 1.20 bits per heavy atom. The van der Waals surface area contributed by atoms with E-state index in [1.807, 2.05) is 0 Å². The molecular weight excluding hydrogens is 259 g/mol. The molecule has 20 heavy (non-hydrogen) atoms. The number of carboxylic acids is 1. The topological polar surface area (TPSA) is 87.0 Å². The smallest absolute Gasteiger partial charge is 0.478 e. The monoisotopic (exact) mass is 280 g/mol. The van der Waals surface area contributed by atoms with E-state index in [2.05, 4.69) is 0 Å². The summed E-state index contributed by atoms with van der Waals surface area (Å²) < 4.78 is 5.49. The normalized spacial score (nSPS) is 12.3. The van der Waals surface area contributed by atoms with Crippen LogP contribution in [0.3, 0.4) is 0 Å². The fraction of sp³-hybridized carbons (Fsp3) is 0.500. The van der Waals surface area contributed by atoms with E-state index in [4.69, 9.17) is 9.76 Å². The van der Waals surface area contributed by atoms with Crippen LogP contribution >= 0.6 is 0 Å². The lowest BCUT2D eigenvalue weighted by Gasteiger charge is -2.38. The molecule has 0 saturated carbocycles. The van der Waals surface area contributed by atoms with Crippen molar-refractivity contribution in [2.45, 2.75) is 45.8 Å². The van der Waals surface area contributed by atoms with Crippen LogP contribution in [0.25, 0.3) is 0 Å². The number of aliphatic hydroxyl groups is 1. The van der Waals surface area contributed by atoms with E-state index < -0.39 is 24.3 Å². The van der Waals surface area contributed by atoms with Gasteiger partial charge in [0.15, 0.2) is 0 Å². The van der Waals surface area contributed by atoms with Crippen LogP contribution in [0.15, 0.2) is 18.2 Å². The standard InChI is InChI=1S/C14H21BO5/c1-9-6-10(12(16)17)8-11(7-9)15(19)20-14(4,5)13(2,3)18/h6-8,18-19H,1-5H3,(H,16,17). The zero-order valence-corrected chi connectivity index (χ0v) is 12.5. The van der Waals surface area contributed by atoms with Gasteiger partial charge in [0.05, 0.1) is 16.8 Å². The zero-order valence-electron chi connectivity index (χ0n) is 12.5. The summed E-state index contributed by atoms with van der Waals surface area (Å²) in [7, 11) is -1.31. The fourth-order valence-corrected chi connectivity index (χ4v) is 1.57. The first-order chi connectivity index (χ1) is 8.94. The van der Waals surface area contributed by atoms with Crippen LogP contribution in [-0.2, 0) is 4.65 Å². The van der Waals surface area contributed by atoms with Gasteiger partial charge in [-0.2, -0.15) is 0 Å². The number of carbonyl (C=O) groups is 1. The van der Waals surface area contributed by atoms with Crippen LogP contribution in [0.4, 0.5) is 0 Å². The third-order valence-corrected chi connectivity index (χ3v) is 3.51. The molecule has 110 valence electrons. The second-order valence-electron chi connectivity index (χ2n) is 5.98. The molecule has 0 saturated heterocycles. The summed E-state index contributed by atoms with van der Waals surface area (Å²) in [4.78, 5) is 11.0. The average Bonchev–Trinajstić information content (AvgIpc) is 2.25. The highest BCUT2D eigenvalue weighted by atomic mass is 16.5. The highest BCUT2D eigenvalue weighted by Gasteiger charge is 2.39. The first-order valence-electron chi connectivity index (χ1n) is 6.37. The Hall–Kier alpha value is -1.37.